The first-order valence-corrected chi connectivity index (χ1v) is 10.8. The van der Waals surface area contributed by atoms with E-state index in [9.17, 15) is 4.79 Å². The van der Waals surface area contributed by atoms with Crippen molar-refractivity contribution in [2.45, 2.75) is 71.6 Å². The van der Waals surface area contributed by atoms with Gasteiger partial charge >= 0.3 is 0 Å². The van der Waals surface area contributed by atoms with Gasteiger partial charge in [0.15, 0.2) is 11.0 Å². The molecule has 0 aliphatic heterocycles. The minimum absolute atomic E-state index is 0.0557. The molecule has 1 aromatic carbocycles. The average molecular weight is 389 g/mol. The third-order valence-corrected chi connectivity index (χ3v) is 5.54. The zero-order valence-electron chi connectivity index (χ0n) is 17.2. The van der Waals surface area contributed by atoms with E-state index in [0.29, 0.717) is 11.7 Å². The quantitative estimate of drug-likeness (QED) is 0.600. The Hall–Kier alpha value is -1.82. The standard InChI is InChI=1S/C21H32N4OS/c1-6-25-20(18-13-8-7-11-16(18)4)23-24-21(25)27-14-19(26)22-17(5)12-9-10-15(2)3/h7-8,11,13,15,17H,6,9-10,12,14H2,1-5H3,(H,22,26). The summed E-state index contributed by atoms with van der Waals surface area (Å²) in [6, 6.07) is 8.38. The van der Waals surface area contributed by atoms with E-state index in [2.05, 4.69) is 66.8 Å². The third kappa shape index (κ3) is 6.38. The molecule has 0 spiro atoms. The minimum Gasteiger partial charge on any atom is -0.353 e. The van der Waals surface area contributed by atoms with Gasteiger partial charge in [-0.05, 0) is 38.7 Å². The molecule has 0 saturated heterocycles. The van der Waals surface area contributed by atoms with E-state index in [1.807, 2.05) is 12.1 Å². The van der Waals surface area contributed by atoms with Crippen LogP contribution in [0.4, 0.5) is 0 Å². The van der Waals surface area contributed by atoms with Crippen LogP contribution in [0.1, 0.15) is 52.5 Å². The number of carbonyl (C=O) groups excluding carboxylic acids is 1. The summed E-state index contributed by atoms with van der Waals surface area (Å²) < 4.78 is 2.08. The number of hydrogen-bond donors (Lipinski definition) is 1. The summed E-state index contributed by atoms with van der Waals surface area (Å²) in [6.45, 7) is 11.5. The van der Waals surface area contributed by atoms with E-state index in [4.69, 9.17) is 0 Å². The Labute approximate surface area is 167 Å². The van der Waals surface area contributed by atoms with E-state index in [1.54, 1.807) is 0 Å². The molecule has 0 saturated carbocycles. The second-order valence-electron chi connectivity index (χ2n) is 7.45. The van der Waals surface area contributed by atoms with Gasteiger partial charge in [0.25, 0.3) is 0 Å². The summed E-state index contributed by atoms with van der Waals surface area (Å²) in [5.41, 5.74) is 2.26. The average Bonchev–Trinajstić information content (AvgIpc) is 3.02. The van der Waals surface area contributed by atoms with E-state index in [0.717, 1.165) is 35.9 Å². The lowest BCUT2D eigenvalue weighted by Crippen LogP contribution is -2.33. The van der Waals surface area contributed by atoms with Gasteiger partial charge in [-0.1, -0.05) is 62.7 Å². The van der Waals surface area contributed by atoms with Crippen LogP contribution in [0.25, 0.3) is 11.4 Å². The Morgan fingerprint density at radius 2 is 1.93 bits per heavy atom. The number of thioether (sulfide) groups is 1. The van der Waals surface area contributed by atoms with Gasteiger partial charge in [-0.2, -0.15) is 0 Å². The predicted octanol–water partition coefficient (Wildman–Crippen LogP) is 4.70. The number of aromatic nitrogens is 3. The Morgan fingerprint density at radius 1 is 1.19 bits per heavy atom. The second kappa shape index (κ2) is 10.5. The fourth-order valence-electron chi connectivity index (χ4n) is 3.05. The number of aryl methyl sites for hydroxylation is 1. The van der Waals surface area contributed by atoms with Crippen molar-refractivity contribution < 1.29 is 4.79 Å². The van der Waals surface area contributed by atoms with Crippen molar-refractivity contribution in [2.24, 2.45) is 5.92 Å². The lowest BCUT2D eigenvalue weighted by Gasteiger charge is -2.14. The molecular weight excluding hydrogens is 356 g/mol. The second-order valence-corrected chi connectivity index (χ2v) is 8.39. The number of hydrogen-bond acceptors (Lipinski definition) is 4. The highest BCUT2D eigenvalue weighted by Gasteiger charge is 2.16. The summed E-state index contributed by atoms with van der Waals surface area (Å²) in [6.07, 6.45) is 3.38. The number of carbonyl (C=O) groups is 1. The summed E-state index contributed by atoms with van der Waals surface area (Å²) >= 11 is 1.45. The number of nitrogens with one attached hydrogen (secondary N) is 1. The topological polar surface area (TPSA) is 59.8 Å². The van der Waals surface area contributed by atoms with E-state index in [-0.39, 0.29) is 11.9 Å². The van der Waals surface area contributed by atoms with Crippen molar-refractivity contribution in [3.63, 3.8) is 0 Å². The molecule has 1 N–H and O–H groups in total. The Kier molecular flexibility index (Phi) is 8.35. The van der Waals surface area contributed by atoms with Crippen LogP contribution in [0.15, 0.2) is 29.4 Å². The van der Waals surface area contributed by atoms with Gasteiger partial charge in [-0.3, -0.25) is 4.79 Å². The lowest BCUT2D eigenvalue weighted by molar-refractivity contribution is -0.119. The molecule has 1 heterocycles. The van der Waals surface area contributed by atoms with Gasteiger partial charge in [0, 0.05) is 18.2 Å². The van der Waals surface area contributed by atoms with Crippen LogP contribution in [-0.4, -0.2) is 32.5 Å². The van der Waals surface area contributed by atoms with Gasteiger partial charge < -0.3 is 9.88 Å². The number of rotatable bonds is 10. The molecule has 1 atom stereocenters. The molecule has 0 bridgehead atoms. The first-order chi connectivity index (χ1) is 12.9. The fourth-order valence-corrected chi connectivity index (χ4v) is 3.87. The van der Waals surface area contributed by atoms with Crippen LogP contribution >= 0.6 is 11.8 Å². The highest BCUT2D eigenvalue weighted by molar-refractivity contribution is 7.99. The lowest BCUT2D eigenvalue weighted by atomic mass is 10.0. The van der Waals surface area contributed by atoms with Crippen LogP contribution in [0.3, 0.4) is 0 Å². The predicted molar refractivity (Wildman–Crippen MR) is 113 cm³/mol. The molecule has 5 nitrogen and oxygen atoms in total. The maximum Gasteiger partial charge on any atom is 0.230 e. The van der Waals surface area contributed by atoms with Crippen molar-refractivity contribution in [1.29, 1.82) is 0 Å². The monoisotopic (exact) mass is 388 g/mol. The number of nitrogens with zero attached hydrogens (tertiary/aromatic N) is 3. The first-order valence-electron chi connectivity index (χ1n) is 9.83. The molecule has 2 rings (SSSR count). The molecular formula is C21H32N4OS. The van der Waals surface area contributed by atoms with E-state index in [1.165, 1.54) is 23.7 Å². The van der Waals surface area contributed by atoms with Gasteiger partial charge in [-0.25, -0.2) is 0 Å². The molecule has 1 amide bonds. The zero-order chi connectivity index (χ0) is 19.8. The van der Waals surface area contributed by atoms with Crippen molar-refractivity contribution in [2.75, 3.05) is 5.75 Å². The fraction of sp³-hybridized carbons (Fsp3) is 0.571. The molecule has 27 heavy (non-hydrogen) atoms. The highest BCUT2D eigenvalue weighted by Crippen LogP contribution is 2.26. The summed E-state index contributed by atoms with van der Waals surface area (Å²) in [5.74, 6) is 1.99. The normalized spacial score (nSPS) is 12.4. The number of benzene rings is 1. The summed E-state index contributed by atoms with van der Waals surface area (Å²) in [4.78, 5) is 12.3. The van der Waals surface area contributed by atoms with E-state index < -0.39 is 0 Å². The van der Waals surface area contributed by atoms with Crippen molar-refractivity contribution in [3.05, 3.63) is 29.8 Å². The van der Waals surface area contributed by atoms with Crippen LogP contribution in [0, 0.1) is 12.8 Å². The van der Waals surface area contributed by atoms with Crippen LogP contribution in [0.2, 0.25) is 0 Å². The SMILES string of the molecule is CCn1c(SCC(=O)NC(C)CCCC(C)C)nnc1-c1ccccc1C. The molecule has 0 aliphatic rings. The van der Waals surface area contributed by atoms with Gasteiger partial charge in [0.1, 0.15) is 0 Å². The minimum atomic E-state index is 0.0557. The van der Waals surface area contributed by atoms with Gasteiger partial charge in [0.2, 0.25) is 5.91 Å². The molecule has 1 aromatic heterocycles. The van der Waals surface area contributed by atoms with Crippen LogP contribution in [-0.2, 0) is 11.3 Å². The molecule has 6 heteroatoms. The summed E-state index contributed by atoms with van der Waals surface area (Å²) in [7, 11) is 0. The molecule has 0 radical (unpaired) electrons. The maximum absolute atomic E-state index is 12.3. The molecule has 148 valence electrons. The molecule has 1 unspecified atom stereocenters. The Bertz CT molecular complexity index is 742. The van der Waals surface area contributed by atoms with Crippen LogP contribution < -0.4 is 5.32 Å². The van der Waals surface area contributed by atoms with Crippen molar-refractivity contribution in [1.82, 2.24) is 20.1 Å². The Morgan fingerprint density at radius 3 is 2.59 bits per heavy atom. The number of amides is 1. The highest BCUT2D eigenvalue weighted by atomic mass is 32.2. The molecule has 2 aromatic rings. The Balaban J connectivity index is 1.92. The molecule has 0 fully saturated rings. The third-order valence-electron chi connectivity index (χ3n) is 4.58. The summed E-state index contributed by atoms with van der Waals surface area (Å²) in [5, 5.41) is 12.6. The smallest absolute Gasteiger partial charge is 0.230 e. The molecule has 0 aliphatic carbocycles. The van der Waals surface area contributed by atoms with Gasteiger partial charge in [-0.15, -0.1) is 10.2 Å². The van der Waals surface area contributed by atoms with E-state index >= 15 is 0 Å². The van der Waals surface area contributed by atoms with Gasteiger partial charge in [0.05, 0.1) is 5.75 Å². The van der Waals surface area contributed by atoms with Crippen molar-refractivity contribution >= 4 is 17.7 Å². The zero-order valence-corrected chi connectivity index (χ0v) is 18.0. The van der Waals surface area contributed by atoms with Crippen molar-refractivity contribution in [3.8, 4) is 11.4 Å². The largest absolute Gasteiger partial charge is 0.353 e. The maximum atomic E-state index is 12.3. The van der Waals surface area contributed by atoms with Crippen LogP contribution in [0.5, 0.6) is 0 Å². The first kappa shape index (κ1) is 21.5.